The van der Waals surface area contributed by atoms with E-state index in [1.807, 2.05) is 47.3 Å². The second-order valence-electron chi connectivity index (χ2n) is 5.48. The molecule has 130 valence electrons. The quantitative estimate of drug-likeness (QED) is 0.408. The molecular formula is C19H16N4S3. The van der Waals surface area contributed by atoms with E-state index >= 15 is 0 Å². The second kappa shape index (κ2) is 8.07. The van der Waals surface area contributed by atoms with E-state index in [1.165, 1.54) is 5.56 Å². The van der Waals surface area contributed by atoms with E-state index in [0.717, 1.165) is 31.4 Å². The topological polar surface area (TPSA) is 43.6 Å². The minimum absolute atomic E-state index is 0.806. The van der Waals surface area contributed by atoms with Crippen LogP contribution >= 0.6 is 34.9 Å². The summed E-state index contributed by atoms with van der Waals surface area (Å²) in [6.07, 6.45) is 4.13. The van der Waals surface area contributed by atoms with Crippen molar-refractivity contribution in [3.8, 4) is 16.9 Å². The lowest BCUT2D eigenvalue weighted by molar-refractivity contribution is 0.884. The van der Waals surface area contributed by atoms with Crippen LogP contribution in [0.3, 0.4) is 0 Å². The van der Waals surface area contributed by atoms with Gasteiger partial charge in [-0.2, -0.15) is 5.10 Å². The van der Waals surface area contributed by atoms with Gasteiger partial charge in [0.05, 0.1) is 11.4 Å². The van der Waals surface area contributed by atoms with E-state index in [0.29, 0.717) is 0 Å². The number of nitrogens with zero attached hydrogens (tertiary/aromatic N) is 4. The fourth-order valence-corrected chi connectivity index (χ4v) is 4.95. The molecule has 0 saturated heterocycles. The molecule has 0 amide bonds. The first-order valence-electron chi connectivity index (χ1n) is 8.03. The third kappa shape index (κ3) is 3.85. The molecule has 0 saturated carbocycles. The molecule has 2 heterocycles. The standard InChI is InChI=1S/C19H16N4S3/c1-24-18-20-21-19(26-18)25-13-15-12-23(16-10-6-3-7-11-16)22-17(15)14-8-4-2-5-9-14/h2-12H,13H2,1H3. The van der Waals surface area contributed by atoms with Crippen molar-refractivity contribution < 1.29 is 0 Å². The first-order chi connectivity index (χ1) is 12.8. The van der Waals surface area contributed by atoms with Gasteiger partial charge in [0.2, 0.25) is 0 Å². The molecule has 0 aliphatic heterocycles. The maximum atomic E-state index is 4.85. The number of para-hydroxylation sites is 1. The molecule has 4 aromatic rings. The van der Waals surface area contributed by atoms with Crippen molar-refractivity contribution >= 4 is 34.9 Å². The molecule has 4 nitrogen and oxygen atoms in total. The van der Waals surface area contributed by atoms with Crippen molar-refractivity contribution in [2.45, 2.75) is 14.4 Å². The molecule has 0 fully saturated rings. The van der Waals surface area contributed by atoms with E-state index < -0.39 is 0 Å². The SMILES string of the molecule is CSc1nnc(SCc2cn(-c3ccccc3)nc2-c2ccccc2)s1. The third-order valence-corrected chi connectivity index (χ3v) is 6.85. The van der Waals surface area contributed by atoms with Crippen LogP contribution in [0.2, 0.25) is 0 Å². The molecule has 0 atom stereocenters. The summed E-state index contributed by atoms with van der Waals surface area (Å²) in [7, 11) is 0. The fourth-order valence-electron chi connectivity index (χ4n) is 2.54. The summed E-state index contributed by atoms with van der Waals surface area (Å²) in [5, 5.41) is 13.3. The highest BCUT2D eigenvalue weighted by molar-refractivity contribution is 8.02. The summed E-state index contributed by atoms with van der Waals surface area (Å²) in [5.74, 6) is 0.806. The van der Waals surface area contributed by atoms with Gasteiger partial charge in [-0.05, 0) is 18.4 Å². The van der Waals surface area contributed by atoms with E-state index in [9.17, 15) is 0 Å². The molecule has 7 heteroatoms. The summed E-state index contributed by atoms with van der Waals surface area (Å²) < 4.78 is 3.93. The first kappa shape index (κ1) is 17.3. The zero-order valence-corrected chi connectivity index (χ0v) is 16.5. The molecular weight excluding hydrogens is 380 g/mol. The van der Waals surface area contributed by atoms with Gasteiger partial charge in [-0.15, -0.1) is 10.2 Å². The lowest BCUT2D eigenvalue weighted by atomic mass is 10.1. The van der Waals surface area contributed by atoms with E-state index in [2.05, 4.69) is 40.7 Å². The third-order valence-electron chi connectivity index (χ3n) is 3.77. The van der Waals surface area contributed by atoms with Gasteiger partial charge in [-0.3, -0.25) is 0 Å². The molecule has 2 aromatic carbocycles. The van der Waals surface area contributed by atoms with Crippen LogP contribution in [0, 0.1) is 0 Å². The molecule has 2 aromatic heterocycles. The predicted molar refractivity (Wildman–Crippen MR) is 110 cm³/mol. The summed E-state index contributed by atoms with van der Waals surface area (Å²) in [6, 6.07) is 20.5. The minimum Gasteiger partial charge on any atom is -0.240 e. The number of aromatic nitrogens is 4. The number of rotatable bonds is 6. The highest BCUT2D eigenvalue weighted by atomic mass is 32.2. The molecule has 0 spiro atoms. The van der Waals surface area contributed by atoms with Gasteiger partial charge in [0.15, 0.2) is 8.68 Å². The largest absolute Gasteiger partial charge is 0.240 e. The zero-order chi connectivity index (χ0) is 17.8. The van der Waals surface area contributed by atoms with Gasteiger partial charge in [-0.1, -0.05) is 83.4 Å². The fraction of sp³-hybridized carbons (Fsp3) is 0.105. The van der Waals surface area contributed by atoms with Gasteiger partial charge in [0, 0.05) is 23.1 Å². The van der Waals surface area contributed by atoms with Gasteiger partial charge < -0.3 is 0 Å². The molecule has 0 unspecified atom stereocenters. The Hall–Kier alpha value is -2.09. The van der Waals surface area contributed by atoms with Crippen LogP contribution in [-0.2, 0) is 5.75 Å². The van der Waals surface area contributed by atoms with Gasteiger partial charge >= 0.3 is 0 Å². The van der Waals surface area contributed by atoms with Gasteiger partial charge in [0.1, 0.15) is 0 Å². The Balaban J connectivity index is 1.66. The number of benzene rings is 2. The molecule has 0 aliphatic carbocycles. The zero-order valence-electron chi connectivity index (χ0n) is 14.1. The summed E-state index contributed by atoms with van der Waals surface area (Å²) in [4.78, 5) is 0. The van der Waals surface area contributed by atoms with Crippen LogP contribution in [0.5, 0.6) is 0 Å². The number of hydrogen-bond donors (Lipinski definition) is 0. The van der Waals surface area contributed by atoms with Crippen LogP contribution in [0.15, 0.2) is 75.5 Å². The molecule has 0 N–H and O–H groups in total. The van der Waals surface area contributed by atoms with E-state index in [1.54, 1.807) is 34.9 Å². The average Bonchev–Trinajstić information content (AvgIpc) is 3.34. The van der Waals surface area contributed by atoms with Crippen LogP contribution < -0.4 is 0 Å². The van der Waals surface area contributed by atoms with Crippen LogP contribution in [0.25, 0.3) is 16.9 Å². The maximum Gasteiger partial charge on any atom is 0.175 e. The highest BCUT2D eigenvalue weighted by Crippen LogP contribution is 2.33. The first-order valence-corrected chi connectivity index (χ1v) is 11.1. The Morgan fingerprint density at radius 2 is 1.62 bits per heavy atom. The van der Waals surface area contributed by atoms with Crippen molar-refractivity contribution in [2.75, 3.05) is 6.26 Å². The van der Waals surface area contributed by atoms with Crippen molar-refractivity contribution in [2.24, 2.45) is 0 Å². The summed E-state index contributed by atoms with van der Waals surface area (Å²) >= 11 is 4.97. The number of hydrogen-bond acceptors (Lipinski definition) is 6. The smallest absolute Gasteiger partial charge is 0.175 e. The normalized spacial score (nSPS) is 11.0. The molecule has 4 rings (SSSR count). The van der Waals surface area contributed by atoms with Crippen molar-refractivity contribution in [3.63, 3.8) is 0 Å². The van der Waals surface area contributed by atoms with Crippen LogP contribution in [0.4, 0.5) is 0 Å². The predicted octanol–water partition coefficient (Wildman–Crippen LogP) is 5.41. The van der Waals surface area contributed by atoms with Crippen LogP contribution in [0.1, 0.15) is 5.56 Å². The average molecular weight is 397 g/mol. The molecule has 0 aliphatic rings. The monoisotopic (exact) mass is 396 g/mol. The molecule has 0 radical (unpaired) electrons. The van der Waals surface area contributed by atoms with Gasteiger partial charge in [0.25, 0.3) is 0 Å². The summed E-state index contributed by atoms with van der Waals surface area (Å²) in [6.45, 7) is 0. The summed E-state index contributed by atoms with van der Waals surface area (Å²) in [5.41, 5.74) is 4.38. The van der Waals surface area contributed by atoms with Gasteiger partial charge in [-0.25, -0.2) is 4.68 Å². The Morgan fingerprint density at radius 3 is 2.31 bits per heavy atom. The maximum absolute atomic E-state index is 4.85. The van der Waals surface area contributed by atoms with E-state index in [4.69, 9.17) is 5.10 Å². The number of thioether (sulfide) groups is 2. The van der Waals surface area contributed by atoms with Crippen molar-refractivity contribution in [3.05, 3.63) is 72.4 Å². The van der Waals surface area contributed by atoms with Crippen LogP contribution in [-0.4, -0.2) is 26.2 Å². The minimum atomic E-state index is 0.806. The lowest BCUT2D eigenvalue weighted by Crippen LogP contribution is -1.93. The molecule has 26 heavy (non-hydrogen) atoms. The van der Waals surface area contributed by atoms with Crippen molar-refractivity contribution in [1.82, 2.24) is 20.0 Å². The second-order valence-corrected chi connectivity index (χ2v) is 8.73. The Bertz CT molecular complexity index is 980. The Kier molecular flexibility index (Phi) is 5.38. The molecule has 0 bridgehead atoms. The Labute approximate surface area is 164 Å². The van der Waals surface area contributed by atoms with E-state index in [-0.39, 0.29) is 0 Å². The Morgan fingerprint density at radius 1 is 0.923 bits per heavy atom. The van der Waals surface area contributed by atoms with Crippen molar-refractivity contribution in [1.29, 1.82) is 0 Å². The highest BCUT2D eigenvalue weighted by Gasteiger charge is 2.14. The lowest BCUT2D eigenvalue weighted by Gasteiger charge is -2.01.